The lowest BCUT2D eigenvalue weighted by Crippen LogP contribution is -2.33. The molecule has 1 unspecified atom stereocenters. The van der Waals surface area contributed by atoms with Gasteiger partial charge in [-0.15, -0.1) is 0 Å². The Morgan fingerprint density at radius 2 is 1.95 bits per heavy atom. The van der Waals surface area contributed by atoms with E-state index < -0.39 is 20.2 Å². The van der Waals surface area contributed by atoms with Gasteiger partial charge in [0.15, 0.2) is 5.75 Å². The zero-order valence-electron chi connectivity index (χ0n) is 11.1. The molecule has 0 aromatic heterocycles. The molecule has 2 atom stereocenters. The highest BCUT2D eigenvalue weighted by atomic mass is 31.1. The molecule has 19 heavy (non-hydrogen) atoms. The third-order valence-corrected chi connectivity index (χ3v) is 2.61. The van der Waals surface area contributed by atoms with Crippen LogP contribution in [0.4, 0.5) is 0 Å². The highest BCUT2D eigenvalue weighted by Crippen LogP contribution is 2.21. The number of ether oxygens (including phenoxy) is 1. The molecule has 0 radical (unpaired) electrons. The Morgan fingerprint density at radius 3 is 2.53 bits per heavy atom. The van der Waals surface area contributed by atoms with Gasteiger partial charge in [0.05, 0.1) is 6.10 Å². The van der Waals surface area contributed by atoms with Gasteiger partial charge < -0.3 is 9.63 Å². The molecule has 1 aromatic carbocycles. The molecule has 0 fully saturated rings. The summed E-state index contributed by atoms with van der Waals surface area (Å²) in [6.45, 7) is 5.07. The van der Waals surface area contributed by atoms with E-state index in [1.54, 1.807) is 45.0 Å². The molecule has 0 aliphatic rings. The van der Waals surface area contributed by atoms with Crippen molar-refractivity contribution in [2.75, 3.05) is 0 Å². The number of benzene rings is 1. The van der Waals surface area contributed by atoms with Gasteiger partial charge in [0.2, 0.25) is 0 Å². The predicted molar refractivity (Wildman–Crippen MR) is 70.2 cm³/mol. The maximum absolute atomic E-state index is 11.5. The van der Waals surface area contributed by atoms with Crippen LogP contribution in [-0.2, 0) is 9.53 Å². The molecule has 1 aromatic rings. The summed E-state index contributed by atoms with van der Waals surface area (Å²) in [4.78, 5) is 26.5. The van der Waals surface area contributed by atoms with Gasteiger partial charge in [-0.2, -0.15) is 5.43 Å². The molecule has 0 bridgehead atoms. The molecule has 0 saturated carbocycles. The van der Waals surface area contributed by atoms with Gasteiger partial charge in [0, 0.05) is 4.85 Å². The first-order valence-electron chi connectivity index (χ1n) is 5.86. The summed E-state index contributed by atoms with van der Waals surface area (Å²) in [5, 5.41) is 0. The van der Waals surface area contributed by atoms with E-state index in [4.69, 9.17) is 9.26 Å². The molecule has 0 saturated heterocycles. The van der Waals surface area contributed by atoms with E-state index in [1.807, 2.05) is 6.07 Å². The molecule has 0 amide bonds. The van der Waals surface area contributed by atoms with E-state index >= 15 is 0 Å². The SMILES string of the molecule is CC(C)OC(=O)[C@H](C)NN=[P+]([O-])Oc1ccccc1. The topological polar surface area (TPSA) is 83.0 Å². The molecule has 1 rings (SSSR count). The van der Waals surface area contributed by atoms with Crippen molar-refractivity contribution in [2.45, 2.75) is 32.9 Å². The fourth-order valence-electron chi connectivity index (χ4n) is 1.11. The minimum absolute atomic E-state index is 0.203. The Labute approximate surface area is 113 Å². The van der Waals surface area contributed by atoms with Crippen LogP contribution >= 0.6 is 8.17 Å². The van der Waals surface area contributed by atoms with Crippen LogP contribution in [0, 0.1) is 0 Å². The molecule has 0 aliphatic carbocycles. The van der Waals surface area contributed by atoms with E-state index in [0.29, 0.717) is 5.75 Å². The van der Waals surface area contributed by atoms with Crippen LogP contribution in [0.2, 0.25) is 0 Å². The van der Waals surface area contributed by atoms with Crippen molar-refractivity contribution >= 4 is 14.1 Å². The second-order valence-corrected chi connectivity index (χ2v) is 4.94. The molecule has 7 heteroatoms. The summed E-state index contributed by atoms with van der Waals surface area (Å²) in [5.41, 5.74) is 2.45. The molecule has 0 spiro atoms. The van der Waals surface area contributed by atoms with Crippen LogP contribution in [0.1, 0.15) is 20.8 Å². The quantitative estimate of drug-likeness (QED) is 0.489. The van der Waals surface area contributed by atoms with Crippen molar-refractivity contribution < 1.29 is 18.9 Å². The average Bonchev–Trinajstić information content (AvgIpc) is 2.36. The fraction of sp³-hybridized carbons (Fsp3) is 0.417. The van der Waals surface area contributed by atoms with Crippen molar-refractivity contribution in [3.63, 3.8) is 0 Å². The minimum atomic E-state index is -2.28. The van der Waals surface area contributed by atoms with E-state index in [9.17, 15) is 9.69 Å². The van der Waals surface area contributed by atoms with E-state index in [2.05, 4.69) is 10.3 Å². The summed E-state index contributed by atoms with van der Waals surface area (Å²) >= 11 is 0. The smallest absolute Gasteiger partial charge is 0.412 e. The highest BCUT2D eigenvalue weighted by Gasteiger charge is 2.16. The lowest BCUT2D eigenvalue weighted by atomic mass is 10.3. The number of nitrogens with zero attached hydrogens (tertiary/aromatic N) is 1. The van der Waals surface area contributed by atoms with Gasteiger partial charge in [0.1, 0.15) is 6.04 Å². The number of hydrogen-bond donors (Lipinski definition) is 1. The van der Waals surface area contributed by atoms with Crippen LogP contribution in [0.3, 0.4) is 0 Å². The number of hydrogen-bond acceptors (Lipinski definition) is 5. The minimum Gasteiger partial charge on any atom is -0.574 e. The Balaban J connectivity index is 2.45. The van der Waals surface area contributed by atoms with Crippen LogP contribution in [0.15, 0.2) is 35.2 Å². The van der Waals surface area contributed by atoms with Gasteiger partial charge in [-0.05, 0) is 32.9 Å². The van der Waals surface area contributed by atoms with Crippen molar-refractivity contribution in [2.24, 2.45) is 4.85 Å². The number of rotatable bonds is 6. The van der Waals surface area contributed by atoms with Gasteiger partial charge in [0.25, 0.3) is 0 Å². The maximum atomic E-state index is 11.5. The third kappa shape index (κ3) is 6.29. The summed E-state index contributed by atoms with van der Waals surface area (Å²) in [7, 11) is -2.28. The largest absolute Gasteiger partial charge is 0.574 e. The lowest BCUT2D eigenvalue weighted by molar-refractivity contribution is -0.169. The number of para-hydroxylation sites is 1. The first kappa shape index (κ1) is 15.6. The van der Waals surface area contributed by atoms with E-state index in [0.717, 1.165) is 0 Å². The standard InChI is InChI=1S/C12H17N2O4P/c1-9(2)17-12(15)10(3)13-14-19(16)18-11-7-5-4-6-8-11/h4-10,13H,1-3H3/t10-/m0/s1. The maximum Gasteiger partial charge on any atom is 0.412 e. The number of carbonyl (C=O) groups is 1. The molecular formula is C12H17N2O4P. The van der Waals surface area contributed by atoms with Crippen LogP contribution in [-0.4, -0.2) is 18.1 Å². The Hall–Kier alpha value is -1.49. The number of nitrogens with one attached hydrogen (secondary N) is 1. The second kappa shape index (κ2) is 7.84. The summed E-state index contributed by atoms with van der Waals surface area (Å²) in [6, 6.07) is 7.99. The molecule has 0 heterocycles. The van der Waals surface area contributed by atoms with Gasteiger partial charge >= 0.3 is 14.1 Å². The zero-order chi connectivity index (χ0) is 14.3. The molecule has 6 nitrogen and oxygen atoms in total. The lowest BCUT2D eigenvalue weighted by Gasteiger charge is -2.11. The van der Waals surface area contributed by atoms with Crippen molar-refractivity contribution in [1.82, 2.24) is 5.43 Å². The van der Waals surface area contributed by atoms with E-state index in [-0.39, 0.29) is 6.10 Å². The Kier molecular flexibility index (Phi) is 6.42. The first-order valence-corrected chi connectivity index (χ1v) is 6.99. The second-order valence-electron chi connectivity index (χ2n) is 4.08. The molecule has 104 valence electrons. The highest BCUT2D eigenvalue weighted by molar-refractivity contribution is 7.33. The van der Waals surface area contributed by atoms with Crippen LogP contribution in [0.25, 0.3) is 0 Å². The first-order chi connectivity index (χ1) is 8.99. The van der Waals surface area contributed by atoms with Crippen molar-refractivity contribution in [1.29, 1.82) is 0 Å². The Morgan fingerprint density at radius 1 is 1.32 bits per heavy atom. The fourth-order valence-corrected chi connectivity index (χ4v) is 1.72. The normalized spacial score (nSPS) is 13.2. The number of esters is 1. The zero-order valence-corrected chi connectivity index (χ0v) is 12.0. The Bertz CT molecular complexity index is 437. The molecular weight excluding hydrogens is 267 g/mol. The summed E-state index contributed by atoms with van der Waals surface area (Å²) in [6.07, 6.45) is -0.203. The summed E-state index contributed by atoms with van der Waals surface area (Å²) in [5.74, 6) is -0.00608. The average molecular weight is 284 g/mol. The van der Waals surface area contributed by atoms with E-state index in [1.165, 1.54) is 0 Å². The van der Waals surface area contributed by atoms with Crippen molar-refractivity contribution in [3.05, 3.63) is 30.3 Å². The monoisotopic (exact) mass is 284 g/mol. The third-order valence-electron chi connectivity index (χ3n) is 1.97. The molecule has 0 aliphatic heterocycles. The van der Waals surface area contributed by atoms with Gasteiger partial charge in [-0.3, -0.25) is 9.32 Å². The molecule has 1 N–H and O–H groups in total. The summed E-state index contributed by atoms with van der Waals surface area (Å²) < 4.78 is 10.0. The van der Waals surface area contributed by atoms with Gasteiger partial charge in [-0.25, -0.2) is 0 Å². The van der Waals surface area contributed by atoms with Gasteiger partial charge in [-0.1, -0.05) is 18.2 Å². The van der Waals surface area contributed by atoms with Crippen molar-refractivity contribution in [3.8, 4) is 5.75 Å². The predicted octanol–water partition coefficient (Wildman–Crippen LogP) is 1.77. The van der Waals surface area contributed by atoms with Crippen LogP contribution in [0.5, 0.6) is 5.75 Å². The number of carbonyl (C=O) groups excluding carboxylic acids is 1. The van der Waals surface area contributed by atoms with Crippen LogP contribution < -0.4 is 14.8 Å².